The highest BCUT2D eigenvalue weighted by Crippen LogP contribution is 2.37. The molecule has 1 N–H and O–H groups in total. The summed E-state index contributed by atoms with van der Waals surface area (Å²) in [6, 6.07) is 12.2. The van der Waals surface area contributed by atoms with E-state index in [-0.39, 0.29) is 11.9 Å². The molecular formula is C25H29N5OS. The predicted molar refractivity (Wildman–Crippen MR) is 128 cm³/mol. The summed E-state index contributed by atoms with van der Waals surface area (Å²) in [5.41, 5.74) is 4.07. The minimum Gasteiger partial charge on any atom is -0.315 e. The lowest BCUT2D eigenvalue weighted by Crippen LogP contribution is -2.39. The number of aryl methyl sites for hydroxylation is 1. The fourth-order valence-electron chi connectivity index (χ4n) is 4.14. The molecule has 1 aromatic carbocycles. The maximum Gasteiger partial charge on any atom is 0.242 e. The molecule has 0 saturated carbocycles. The van der Waals surface area contributed by atoms with Gasteiger partial charge in [0.2, 0.25) is 5.91 Å². The monoisotopic (exact) mass is 447 g/mol. The van der Waals surface area contributed by atoms with E-state index < -0.39 is 0 Å². The summed E-state index contributed by atoms with van der Waals surface area (Å²) in [5, 5.41) is 17.9. The number of benzene rings is 1. The molecule has 166 valence electrons. The van der Waals surface area contributed by atoms with E-state index in [4.69, 9.17) is 0 Å². The molecule has 1 aliphatic rings. The van der Waals surface area contributed by atoms with E-state index in [9.17, 15) is 10.1 Å². The number of aromatic nitrogens is 2. The van der Waals surface area contributed by atoms with Gasteiger partial charge < -0.3 is 5.32 Å². The van der Waals surface area contributed by atoms with E-state index in [1.54, 1.807) is 11.3 Å². The van der Waals surface area contributed by atoms with Crippen molar-refractivity contribution in [3.63, 3.8) is 0 Å². The Morgan fingerprint density at radius 1 is 1.25 bits per heavy atom. The maximum atomic E-state index is 13.0. The van der Waals surface area contributed by atoms with Crippen molar-refractivity contribution < 1.29 is 4.79 Å². The van der Waals surface area contributed by atoms with Crippen molar-refractivity contribution in [2.24, 2.45) is 0 Å². The molecule has 3 aromatic rings. The molecular weight excluding hydrogens is 418 g/mol. The van der Waals surface area contributed by atoms with Crippen LogP contribution in [0.15, 0.2) is 42.7 Å². The standard InChI is InChI=1S/C25H29N5OS/c1-18(24(31)28-25-22(13-26)21-11-7-4-8-12-23(21)32-25)29(2)15-20-14-27-30(17-20)16-19-9-5-3-6-10-19/h3,5-6,9-10,14,17-18H,4,7-8,11-12,15-16H2,1-2H3,(H,28,31)/t18-/m1/s1. The summed E-state index contributed by atoms with van der Waals surface area (Å²) in [6.45, 7) is 3.24. The van der Waals surface area contributed by atoms with Crippen LogP contribution in [-0.4, -0.2) is 33.7 Å². The van der Waals surface area contributed by atoms with E-state index in [2.05, 4.69) is 28.6 Å². The largest absolute Gasteiger partial charge is 0.315 e. The highest BCUT2D eigenvalue weighted by molar-refractivity contribution is 7.16. The molecule has 2 heterocycles. The van der Waals surface area contributed by atoms with Crippen molar-refractivity contribution in [3.05, 3.63) is 69.9 Å². The molecule has 1 amide bonds. The number of carbonyl (C=O) groups is 1. The Morgan fingerprint density at radius 3 is 2.81 bits per heavy atom. The zero-order valence-corrected chi connectivity index (χ0v) is 19.5. The first-order chi connectivity index (χ1) is 15.5. The van der Waals surface area contributed by atoms with Crippen molar-refractivity contribution >= 4 is 22.2 Å². The number of amides is 1. The number of hydrogen-bond donors (Lipinski definition) is 1. The Hall–Kier alpha value is -2.95. The first-order valence-corrected chi connectivity index (χ1v) is 12.0. The molecule has 0 unspecified atom stereocenters. The van der Waals surface area contributed by atoms with Crippen molar-refractivity contribution in [3.8, 4) is 6.07 Å². The molecule has 0 saturated heterocycles. The fraction of sp³-hybridized carbons (Fsp3) is 0.400. The van der Waals surface area contributed by atoms with Crippen LogP contribution in [0.5, 0.6) is 0 Å². The van der Waals surface area contributed by atoms with Gasteiger partial charge in [0.1, 0.15) is 11.1 Å². The Balaban J connectivity index is 1.38. The van der Waals surface area contributed by atoms with Crippen LogP contribution >= 0.6 is 11.3 Å². The molecule has 32 heavy (non-hydrogen) atoms. The first kappa shape index (κ1) is 22.3. The van der Waals surface area contributed by atoms with Gasteiger partial charge in [0.15, 0.2) is 0 Å². The number of fused-ring (bicyclic) bond motifs is 1. The second kappa shape index (κ2) is 10.1. The van der Waals surface area contributed by atoms with Crippen LogP contribution in [0.1, 0.15) is 53.3 Å². The lowest BCUT2D eigenvalue weighted by atomic mass is 10.1. The van der Waals surface area contributed by atoms with E-state index in [1.165, 1.54) is 16.9 Å². The average molecular weight is 448 g/mol. The molecule has 0 bridgehead atoms. The molecule has 6 nitrogen and oxygen atoms in total. The van der Waals surface area contributed by atoms with Crippen LogP contribution in [-0.2, 0) is 30.7 Å². The first-order valence-electron chi connectivity index (χ1n) is 11.2. The van der Waals surface area contributed by atoms with Gasteiger partial charge in [-0.1, -0.05) is 36.8 Å². The van der Waals surface area contributed by atoms with Gasteiger partial charge >= 0.3 is 0 Å². The van der Waals surface area contributed by atoms with Gasteiger partial charge in [-0.15, -0.1) is 11.3 Å². The lowest BCUT2D eigenvalue weighted by Gasteiger charge is -2.23. The highest BCUT2D eigenvalue weighted by Gasteiger charge is 2.24. The number of nitriles is 1. The highest BCUT2D eigenvalue weighted by atomic mass is 32.1. The smallest absolute Gasteiger partial charge is 0.242 e. The van der Waals surface area contributed by atoms with E-state index in [1.807, 2.05) is 54.1 Å². The summed E-state index contributed by atoms with van der Waals surface area (Å²) in [5.74, 6) is -0.0860. The van der Waals surface area contributed by atoms with Gasteiger partial charge in [0, 0.05) is 23.2 Å². The third kappa shape index (κ3) is 5.09. The summed E-state index contributed by atoms with van der Waals surface area (Å²) >= 11 is 1.58. The zero-order chi connectivity index (χ0) is 22.5. The number of nitrogens with zero attached hydrogens (tertiary/aromatic N) is 4. The molecule has 1 atom stereocenters. The van der Waals surface area contributed by atoms with Gasteiger partial charge in [0.25, 0.3) is 0 Å². The van der Waals surface area contributed by atoms with Crippen LogP contribution < -0.4 is 5.32 Å². The molecule has 4 rings (SSSR count). The molecule has 0 radical (unpaired) electrons. The second-order valence-corrected chi connectivity index (χ2v) is 9.60. The minimum atomic E-state index is -0.332. The second-order valence-electron chi connectivity index (χ2n) is 8.49. The van der Waals surface area contributed by atoms with E-state index >= 15 is 0 Å². The Bertz CT molecular complexity index is 1110. The van der Waals surface area contributed by atoms with Gasteiger partial charge in [-0.3, -0.25) is 14.4 Å². The van der Waals surface area contributed by atoms with Crippen molar-refractivity contribution in [1.29, 1.82) is 5.26 Å². The van der Waals surface area contributed by atoms with Crippen LogP contribution in [0.2, 0.25) is 0 Å². The average Bonchev–Trinajstić information content (AvgIpc) is 3.29. The number of nitrogens with one attached hydrogen (secondary N) is 1. The van der Waals surface area contributed by atoms with Gasteiger partial charge in [0.05, 0.1) is 24.3 Å². The quantitative estimate of drug-likeness (QED) is 0.538. The Kier molecular flexibility index (Phi) is 7.03. The maximum absolute atomic E-state index is 13.0. The number of carbonyl (C=O) groups excluding carboxylic acids is 1. The number of thiophene rings is 1. The van der Waals surface area contributed by atoms with E-state index in [0.717, 1.165) is 43.4 Å². The van der Waals surface area contributed by atoms with Crippen LogP contribution in [0.3, 0.4) is 0 Å². The van der Waals surface area contributed by atoms with Crippen molar-refractivity contribution in [2.75, 3.05) is 12.4 Å². The molecule has 1 aliphatic carbocycles. The van der Waals surface area contributed by atoms with Crippen LogP contribution in [0.25, 0.3) is 0 Å². The number of anilines is 1. The summed E-state index contributed by atoms with van der Waals surface area (Å²) in [7, 11) is 1.94. The summed E-state index contributed by atoms with van der Waals surface area (Å²) in [4.78, 5) is 16.2. The molecule has 2 aromatic heterocycles. The van der Waals surface area contributed by atoms with Crippen molar-refractivity contribution in [2.45, 2.75) is 58.2 Å². The minimum absolute atomic E-state index is 0.0860. The van der Waals surface area contributed by atoms with Crippen molar-refractivity contribution in [1.82, 2.24) is 14.7 Å². The fourth-order valence-corrected chi connectivity index (χ4v) is 5.38. The molecule has 0 aliphatic heterocycles. The van der Waals surface area contributed by atoms with Crippen LogP contribution in [0, 0.1) is 11.3 Å². The number of likely N-dealkylation sites (N-methyl/N-ethyl adjacent to an activating group) is 1. The third-order valence-corrected chi connectivity index (χ3v) is 7.32. The number of rotatable bonds is 7. The zero-order valence-electron chi connectivity index (χ0n) is 18.7. The third-order valence-electron chi connectivity index (χ3n) is 6.12. The molecule has 0 fully saturated rings. The Morgan fingerprint density at radius 2 is 2.03 bits per heavy atom. The van der Waals surface area contributed by atoms with Crippen LogP contribution in [0.4, 0.5) is 5.00 Å². The summed E-state index contributed by atoms with van der Waals surface area (Å²) in [6.07, 6.45) is 9.30. The Labute approximate surface area is 193 Å². The predicted octanol–water partition coefficient (Wildman–Crippen LogP) is 4.59. The molecule has 7 heteroatoms. The lowest BCUT2D eigenvalue weighted by molar-refractivity contribution is -0.120. The van der Waals surface area contributed by atoms with Gasteiger partial charge in [-0.25, -0.2) is 0 Å². The molecule has 0 spiro atoms. The van der Waals surface area contributed by atoms with E-state index in [0.29, 0.717) is 17.1 Å². The SMILES string of the molecule is C[C@H](C(=O)Nc1sc2c(c1C#N)CCCCC2)N(C)Cc1cnn(Cc2ccccc2)c1. The van der Waals surface area contributed by atoms with Gasteiger partial charge in [-0.05, 0) is 50.8 Å². The number of hydrogen-bond acceptors (Lipinski definition) is 5. The topological polar surface area (TPSA) is 74.0 Å². The summed E-state index contributed by atoms with van der Waals surface area (Å²) < 4.78 is 1.92. The van der Waals surface area contributed by atoms with Gasteiger partial charge in [-0.2, -0.15) is 10.4 Å². The normalized spacial score (nSPS) is 14.4.